The first-order valence-electron chi connectivity index (χ1n) is 5.42. The van der Waals surface area contributed by atoms with E-state index in [1.807, 2.05) is 18.7 Å². The largest absolute Gasteiger partial charge is 0.327 e. The lowest BCUT2D eigenvalue weighted by atomic mass is 10.1. The van der Waals surface area contributed by atoms with Crippen LogP contribution in [0.15, 0.2) is 23.6 Å². The van der Waals surface area contributed by atoms with E-state index in [9.17, 15) is 0 Å². The molecule has 2 heterocycles. The molecule has 0 saturated heterocycles. The third-order valence-corrected chi connectivity index (χ3v) is 3.51. The van der Waals surface area contributed by atoms with Crippen molar-refractivity contribution < 1.29 is 0 Å². The van der Waals surface area contributed by atoms with Crippen LogP contribution >= 0.6 is 11.3 Å². The standard InChI is InChI=1S/C12H17N3S/c1-9-6-11(15(2)14-9)7-10(13)8-12-4-3-5-16-12/h3-6,10H,7-8,13H2,1-2H3. The molecule has 0 aliphatic carbocycles. The van der Waals surface area contributed by atoms with Gasteiger partial charge in [0.2, 0.25) is 0 Å². The molecule has 1 atom stereocenters. The fraction of sp³-hybridized carbons (Fsp3) is 0.417. The Labute approximate surface area is 99.9 Å². The van der Waals surface area contributed by atoms with Gasteiger partial charge in [-0.1, -0.05) is 6.07 Å². The lowest BCUT2D eigenvalue weighted by Crippen LogP contribution is -2.26. The highest BCUT2D eigenvalue weighted by molar-refractivity contribution is 7.09. The molecule has 0 amide bonds. The first kappa shape index (κ1) is 11.4. The Kier molecular flexibility index (Phi) is 3.41. The van der Waals surface area contributed by atoms with Crippen molar-refractivity contribution in [2.24, 2.45) is 12.8 Å². The van der Waals surface area contributed by atoms with E-state index in [0.29, 0.717) is 0 Å². The topological polar surface area (TPSA) is 43.8 Å². The average molecular weight is 235 g/mol. The van der Waals surface area contributed by atoms with Crippen LogP contribution in [0.1, 0.15) is 16.3 Å². The van der Waals surface area contributed by atoms with Gasteiger partial charge < -0.3 is 5.73 Å². The molecule has 1 unspecified atom stereocenters. The summed E-state index contributed by atoms with van der Waals surface area (Å²) in [4.78, 5) is 1.35. The number of nitrogens with two attached hydrogens (primary N) is 1. The molecule has 2 rings (SSSR count). The summed E-state index contributed by atoms with van der Waals surface area (Å²) in [5.41, 5.74) is 8.41. The highest BCUT2D eigenvalue weighted by atomic mass is 32.1. The molecule has 86 valence electrons. The van der Waals surface area contributed by atoms with E-state index in [-0.39, 0.29) is 6.04 Å². The fourth-order valence-electron chi connectivity index (χ4n) is 1.88. The van der Waals surface area contributed by atoms with Gasteiger partial charge in [0.15, 0.2) is 0 Å². The minimum Gasteiger partial charge on any atom is -0.327 e. The van der Waals surface area contributed by atoms with Gasteiger partial charge in [0.05, 0.1) is 5.69 Å². The van der Waals surface area contributed by atoms with Crippen LogP contribution in [-0.2, 0) is 19.9 Å². The third kappa shape index (κ3) is 2.71. The molecule has 0 aliphatic rings. The van der Waals surface area contributed by atoms with Gasteiger partial charge in [-0.25, -0.2) is 0 Å². The quantitative estimate of drug-likeness (QED) is 0.879. The Morgan fingerprint density at radius 3 is 2.88 bits per heavy atom. The zero-order valence-corrected chi connectivity index (χ0v) is 10.5. The Balaban J connectivity index is 1.97. The molecule has 0 spiro atoms. The summed E-state index contributed by atoms with van der Waals surface area (Å²) >= 11 is 1.77. The third-order valence-electron chi connectivity index (χ3n) is 2.61. The van der Waals surface area contributed by atoms with Gasteiger partial charge >= 0.3 is 0 Å². The number of rotatable bonds is 4. The van der Waals surface area contributed by atoms with Crippen LogP contribution in [0.3, 0.4) is 0 Å². The van der Waals surface area contributed by atoms with E-state index in [2.05, 4.69) is 28.7 Å². The summed E-state index contributed by atoms with van der Waals surface area (Å²) in [6.07, 6.45) is 1.83. The van der Waals surface area contributed by atoms with Gasteiger partial charge in [-0.05, 0) is 30.9 Å². The monoisotopic (exact) mass is 235 g/mol. The highest BCUT2D eigenvalue weighted by Crippen LogP contribution is 2.13. The molecule has 2 aromatic heterocycles. The van der Waals surface area contributed by atoms with Gasteiger partial charge in [0.25, 0.3) is 0 Å². The number of aryl methyl sites for hydroxylation is 2. The van der Waals surface area contributed by atoms with Crippen LogP contribution in [-0.4, -0.2) is 15.8 Å². The molecule has 0 radical (unpaired) electrons. The maximum atomic E-state index is 6.14. The summed E-state index contributed by atoms with van der Waals surface area (Å²) in [6, 6.07) is 6.49. The molecule has 0 saturated carbocycles. The zero-order valence-electron chi connectivity index (χ0n) is 9.68. The summed E-state index contributed by atoms with van der Waals surface area (Å²) in [6.45, 7) is 2.01. The van der Waals surface area contributed by atoms with Gasteiger partial charge in [-0.15, -0.1) is 11.3 Å². The lowest BCUT2D eigenvalue weighted by Gasteiger charge is -2.10. The molecule has 0 bridgehead atoms. The molecule has 4 heteroatoms. The van der Waals surface area contributed by atoms with Crippen molar-refractivity contribution >= 4 is 11.3 Å². The van der Waals surface area contributed by atoms with E-state index in [4.69, 9.17) is 5.73 Å². The van der Waals surface area contributed by atoms with Crippen LogP contribution in [0.5, 0.6) is 0 Å². The number of aromatic nitrogens is 2. The highest BCUT2D eigenvalue weighted by Gasteiger charge is 2.09. The Bertz CT molecular complexity index is 445. The van der Waals surface area contributed by atoms with Gasteiger partial charge in [-0.2, -0.15) is 5.10 Å². The lowest BCUT2D eigenvalue weighted by molar-refractivity contribution is 0.616. The molecule has 2 aromatic rings. The van der Waals surface area contributed by atoms with E-state index in [0.717, 1.165) is 18.5 Å². The second kappa shape index (κ2) is 4.80. The maximum Gasteiger partial charge on any atom is 0.0596 e. The van der Waals surface area contributed by atoms with Gasteiger partial charge in [0.1, 0.15) is 0 Å². The Hall–Kier alpha value is -1.13. The van der Waals surface area contributed by atoms with Crippen LogP contribution in [0.2, 0.25) is 0 Å². The number of nitrogens with zero attached hydrogens (tertiary/aromatic N) is 2. The SMILES string of the molecule is Cc1cc(CC(N)Cc2cccs2)n(C)n1. The molecule has 3 nitrogen and oxygen atoms in total. The van der Waals surface area contributed by atoms with Crippen molar-refractivity contribution in [1.29, 1.82) is 0 Å². The zero-order chi connectivity index (χ0) is 11.5. The van der Waals surface area contributed by atoms with Crippen molar-refractivity contribution in [3.05, 3.63) is 39.8 Å². The van der Waals surface area contributed by atoms with Crippen molar-refractivity contribution in [2.45, 2.75) is 25.8 Å². The number of hydrogen-bond acceptors (Lipinski definition) is 3. The summed E-state index contributed by atoms with van der Waals surface area (Å²) in [7, 11) is 1.97. The minimum atomic E-state index is 0.174. The van der Waals surface area contributed by atoms with Gasteiger partial charge in [-0.3, -0.25) is 4.68 Å². The van der Waals surface area contributed by atoms with Crippen LogP contribution in [0, 0.1) is 6.92 Å². The maximum absolute atomic E-state index is 6.14. The van der Waals surface area contributed by atoms with Crippen molar-refractivity contribution in [3.8, 4) is 0 Å². The summed E-state index contributed by atoms with van der Waals surface area (Å²) < 4.78 is 1.92. The van der Waals surface area contributed by atoms with Crippen molar-refractivity contribution in [2.75, 3.05) is 0 Å². The smallest absolute Gasteiger partial charge is 0.0596 e. The first-order chi connectivity index (χ1) is 7.65. The average Bonchev–Trinajstić information content (AvgIpc) is 2.78. The molecular formula is C12H17N3S. The second-order valence-electron chi connectivity index (χ2n) is 4.15. The summed E-state index contributed by atoms with van der Waals surface area (Å²) in [5, 5.41) is 6.42. The predicted octanol–water partition coefficient (Wildman–Crippen LogP) is 1.90. The van der Waals surface area contributed by atoms with Crippen LogP contribution in [0.4, 0.5) is 0 Å². The fourth-order valence-corrected chi connectivity index (χ4v) is 2.68. The van der Waals surface area contributed by atoms with Crippen molar-refractivity contribution in [3.63, 3.8) is 0 Å². The second-order valence-corrected chi connectivity index (χ2v) is 5.18. The summed E-state index contributed by atoms with van der Waals surface area (Å²) in [5.74, 6) is 0. The van der Waals surface area contributed by atoms with Crippen molar-refractivity contribution in [1.82, 2.24) is 9.78 Å². The van der Waals surface area contributed by atoms with Crippen LogP contribution in [0.25, 0.3) is 0 Å². The van der Waals surface area contributed by atoms with Crippen LogP contribution < -0.4 is 5.73 Å². The molecule has 0 aliphatic heterocycles. The normalized spacial score (nSPS) is 12.9. The Morgan fingerprint density at radius 2 is 2.31 bits per heavy atom. The van der Waals surface area contributed by atoms with E-state index in [1.54, 1.807) is 11.3 Å². The van der Waals surface area contributed by atoms with E-state index in [1.165, 1.54) is 10.6 Å². The molecular weight excluding hydrogens is 218 g/mol. The first-order valence-corrected chi connectivity index (χ1v) is 6.30. The number of thiophene rings is 1. The molecule has 16 heavy (non-hydrogen) atoms. The molecule has 2 N–H and O–H groups in total. The van der Waals surface area contributed by atoms with E-state index >= 15 is 0 Å². The Morgan fingerprint density at radius 1 is 1.50 bits per heavy atom. The van der Waals surface area contributed by atoms with E-state index < -0.39 is 0 Å². The molecule has 0 aromatic carbocycles. The predicted molar refractivity (Wildman–Crippen MR) is 67.6 cm³/mol. The number of hydrogen-bond donors (Lipinski definition) is 1. The minimum absolute atomic E-state index is 0.174. The van der Waals surface area contributed by atoms with Gasteiger partial charge in [0, 0.05) is 30.1 Å². The molecule has 0 fully saturated rings.